The third-order valence-electron chi connectivity index (χ3n) is 2.11. The number of aliphatic hydroxyl groups is 1. The molecule has 0 saturated heterocycles. The zero-order valence-electron chi connectivity index (χ0n) is 7.53. The van der Waals surface area contributed by atoms with Crippen molar-refractivity contribution < 1.29 is 19.3 Å². The molecule has 0 heterocycles. The van der Waals surface area contributed by atoms with E-state index in [2.05, 4.69) is 0 Å². The summed E-state index contributed by atoms with van der Waals surface area (Å²) >= 11 is 0. The van der Waals surface area contributed by atoms with E-state index in [0.717, 1.165) is 0 Å². The monoisotopic (exact) mass is 176 g/mol. The van der Waals surface area contributed by atoms with Gasteiger partial charge in [0.15, 0.2) is 0 Å². The van der Waals surface area contributed by atoms with Crippen molar-refractivity contribution in [3.8, 4) is 0 Å². The molecule has 1 rings (SSSR count). The van der Waals surface area contributed by atoms with Crippen LogP contribution in [0.3, 0.4) is 0 Å². The summed E-state index contributed by atoms with van der Waals surface area (Å²) in [5.41, 5.74) is 0. The molecule has 72 valence electrons. The summed E-state index contributed by atoms with van der Waals surface area (Å²) in [6, 6.07) is 0. The Morgan fingerprint density at radius 2 is 2.08 bits per heavy atom. The van der Waals surface area contributed by atoms with Gasteiger partial charge >= 0.3 is 0 Å². The molecule has 3 unspecified atom stereocenters. The molecule has 0 aromatic heterocycles. The third kappa shape index (κ3) is 2.17. The van der Waals surface area contributed by atoms with Gasteiger partial charge in [0.1, 0.15) is 6.10 Å². The molecule has 0 spiro atoms. The Bertz CT molecular complexity index is 128. The van der Waals surface area contributed by atoms with Crippen molar-refractivity contribution >= 4 is 0 Å². The predicted molar refractivity (Wildman–Crippen MR) is 43.0 cm³/mol. The van der Waals surface area contributed by atoms with E-state index in [0.29, 0.717) is 19.6 Å². The maximum atomic E-state index is 9.20. The summed E-state index contributed by atoms with van der Waals surface area (Å²) in [6.07, 6.45) is 0.201. The van der Waals surface area contributed by atoms with Crippen LogP contribution < -0.4 is 0 Å². The van der Waals surface area contributed by atoms with E-state index in [1.54, 1.807) is 14.2 Å². The van der Waals surface area contributed by atoms with Gasteiger partial charge in [-0.1, -0.05) is 0 Å². The first-order valence-electron chi connectivity index (χ1n) is 4.11. The minimum absolute atomic E-state index is 0.0418. The van der Waals surface area contributed by atoms with Gasteiger partial charge in [0.05, 0.1) is 25.4 Å². The van der Waals surface area contributed by atoms with Crippen LogP contribution in [-0.2, 0) is 14.2 Å². The second kappa shape index (κ2) is 4.77. The fourth-order valence-corrected chi connectivity index (χ4v) is 1.31. The van der Waals surface area contributed by atoms with Crippen LogP contribution >= 0.6 is 0 Å². The lowest BCUT2D eigenvalue weighted by molar-refractivity contribution is -0.184. The topological polar surface area (TPSA) is 47.9 Å². The molecule has 4 nitrogen and oxygen atoms in total. The molecule has 12 heavy (non-hydrogen) atoms. The predicted octanol–water partition coefficient (Wildman–Crippen LogP) is -0.202. The van der Waals surface area contributed by atoms with E-state index in [1.165, 1.54) is 0 Å². The summed E-state index contributed by atoms with van der Waals surface area (Å²) in [4.78, 5) is 0. The smallest absolute Gasteiger partial charge is 0.109 e. The van der Waals surface area contributed by atoms with Gasteiger partial charge in [0.25, 0.3) is 0 Å². The van der Waals surface area contributed by atoms with Crippen molar-refractivity contribution in [3.63, 3.8) is 0 Å². The SMILES string of the molecule is COCCOC1CC(O)C1OC. The molecule has 3 atom stereocenters. The lowest BCUT2D eigenvalue weighted by atomic mass is 9.88. The van der Waals surface area contributed by atoms with Gasteiger partial charge in [-0.15, -0.1) is 0 Å². The van der Waals surface area contributed by atoms with Crippen LogP contribution in [0, 0.1) is 0 Å². The molecule has 0 bridgehead atoms. The highest BCUT2D eigenvalue weighted by Gasteiger charge is 2.40. The average Bonchev–Trinajstić information content (AvgIpc) is 2.04. The van der Waals surface area contributed by atoms with Gasteiger partial charge in [-0.25, -0.2) is 0 Å². The first kappa shape index (κ1) is 9.92. The highest BCUT2D eigenvalue weighted by atomic mass is 16.6. The Balaban J connectivity index is 2.09. The Morgan fingerprint density at radius 1 is 1.33 bits per heavy atom. The number of hydrogen-bond donors (Lipinski definition) is 1. The molecular weight excluding hydrogens is 160 g/mol. The maximum Gasteiger partial charge on any atom is 0.109 e. The maximum absolute atomic E-state index is 9.20. The van der Waals surface area contributed by atoms with E-state index in [9.17, 15) is 5.11 Å². The van der Waals surface area contributed by atoms with E-state index in [4.69, 9.17) is 14.2 Å². The minimum Gasteiger partial charge on any atom is -0.390 e. The highest BCUT2D eigenvalue weighted by Crippen LogP contribution is 2.26. The molecule has 1 N–H and O–H groups in total. The van der Waals surface area contributed by atoms with Gasteiger partial charge in [-0.2, -0.15) is 0 Å². The fraction of sp³-hybridized carbons (Fsp3) is 1.00. The summed E-state index contributed by atoms with van der Waals surface area (Å²) in [5.74, 6) is 0. The van der Waals surface area contributed by atoms with Crippen LogP contribution in [0.1, 0.15) is 6.42 Å². The first-order chi connectivity index (χ1) is 5.79. The van der Waals surface area contributed by atoms with Crippen LogP contribution in [0.4, 0.5) is 0 Å². The third-order valence-corrected chi connectivity index (χ3v) is 2.11. The molecule has 4 heteroatoms. The molecule has 0 aromatic carbocycles. The summed E-state index contributed by atoms with van der Waals surface area (Å²) < 4.78 is 15.2. The van der Waals surface area contributed by atoms with Crippen LogP contribution in [0.25, 0.3) is 0 Å². The number of methoxy groups -OCH3 is 2. The van der Waals surface area contributed by atoms with Crippen LogP contribution in [0.15, 0.2) is 0 Å². The van der Waals surface area contributed by atoms with Crippen molar-refractivity contribution in [3.05, 3.63) is 0 Å². The Hall–Kier alpha value is -0.160. The average molecular weight is 176 g/mol. The van der Waals surface area contributed by atoms with E-state index < -0.39 is 0 Å². The van der Waals surface area contributed by atoms with E-state index >= 15 is 0 Å². The van der Waals surface area contributed by atoms with Crippen molar-refractivity contribution in [1.82, 2.24) is 0 Å². The molecule has 0 amide bonds. The Kier molecular flexibility index (Phi) is 3.94. The molecule has 1 aliphatic carbocycles. The molecule has 1 saturated carbocycles. The second-order valence-electron chi connectivity index (χ2n) is 2.91. The zero-order valence-corrected chi connectivity index (χ0v) is 7.53. The van der Waals surface area contributed by atoms with Gasteiger partial charge in [-0.3, -0.25) is 0 Å². The van der Waals surface area contributed by atoms with E-state index in [-0.39, 0.29) is 18.3 Å². The van der Waals surface area contributed by atoms with Crippen molar-refractivity contribution in [2.45, 2.75) is 24.7 Å². The van der Waals surface area contributed by atoms with Crippen LogP contribution in [0.5, 0.6) is 0 Å². The second-order valence-corrected chi connectivity index (χ2v) is 2.91. The molecule has 0 aromatic rings. The van der Waals surface area contributed by atoms with Crippen molar-refractivity contribution in [2.24, 2.45) is 0 Å². The molecule has 0 aliphatic heterocycles. The Morgan fingerprint density at radius 3 is 2.58 bits per heavy atom. The van der Waals surface area contributed by atoms with Gasteiger partial charge in [0, 0.05) is 20.6 Å². The fourth-order valence-electron chi connectivity index (χ4n) is 1.31. The van der Waals surface area contributed by atoms with Gasteiger partial charge < -0.3 is 19.3 Å². The van der Waals surface area contributed by atoms with Crippen molar-refractivity contribution in [1.29, 1.82) is 0 Å². The Labute approximate surface area is 72.4 Å². The summed E-state index contributed by atoms with van der Waals surface area (Å²) in [5, 5.41) is 9.20. The molecule has 1 aliphatic rings. The largest absolute Gasteiger partial charge is 0.390 e. The number of aliphatic hydroxyl groups excluding tert-OH is 1. The standard InChI is InChI=1S/C8H16O4/c1-10-3-4-12-7-5-6(9)8(7)11-2/h6-9H,3-5H2,1-2H3. The van der Waals surface area contributed by atoms with Crippen molar-refractivity contribution in [2.75, 3.05) is 27.4 Å². The lowest BCUT2D eigenvalue weighted by Crippen LogP contribution is -2.53. The normalized spacial score (nSPS) is 34.8. The molecular formula is C8H16O4. The zero-order chi connectivity index (χ0) is 8.97. The number of rotatable bonds is 5. The quantitative estimate of drug-likeness (QED) is 0.589. The molecule has 1 fully saturated rings. The van der Waals surface area contributed by atoms with Crippen LogP contribution in [0.2, 0.25) is 0 Å². The van der Waals surface area contributed by atoms with Gasteiger partial charge in [0.2, 0.25) is 0 Å². The molecule has 0 radical (unpaired) electrons. The summed E-state index contributed by atoms with van der Waals surface area (Å²) in [6.45, 7) is 1.15. The number of ether oxygens (including phenoxy) is 3. The number of hydrogen-bond acceptors (Lipinski definition) is 4. The first-order valence-corrected chi connectivity index (χ1v) is 4.11. The summed E-state index contributed by atoms with van der Waals surface area (Å²) in [7, 11) is 3.21. The highest BCUT2D eigenvalue weighted by molar-refractivity contribution is 4.91. The minimum atomic E-state index is -0.359. The van der Waals surface area contributed by atoms with Crippen LogP contribution in [-0.4, -0.2) is 50.9 Å². The van der Waals surface area contributed by atoms with Gasteiger partial charge in [-0.05, 0) is 0 Å². The van der Waals surface area contributed by atoms with E-state index in [1.807, 2.05) is 0 Å². The lowest BCUT2D eigenvalue weighted by Gasteiger charge is -2.39.